The molecule has 586 valence electrons. The predicted molar refractivity (Wildman–Crippen MR) is 502 cm³/mol. The molecule has 0 aliphatic heterocycles. The predicted octanol–water partition coefficient (Wildman–Crippen LogP) is 26.5. The maximum Gasteiger partial charge on any atom is 0.0626 e. The molecule has 0 bridgehead atoms. The van der Waals surface area contributed by atoms with Crippen LogP contribution in [0.4, 0.5) is 0 Å². The molecule has 9 heteroatoms. The van der Waals surface area contributed by atoms with Crippen LogP contribution in [-0.4, -0.2) is 91.9 Å². The number of hydrogen-bond acceptors (Lipinski definition) is 6. The molecule has 0 aliphatic carbocycles. The Labute approximate surface area is 662 Å². The van der Waals surface area contributed by atoms with Crippen LogP contribution in [0, 0.1) is 0 Å². The molecule has 5 heterocycles. The summed E-state index contributed by atoms with van der Waals surface area (Å²) in [5.41, 5.74) is 10.5. The summed E-state index contributed by atoms with van der Waals surface area (Å²) in [6.07, 6.45) is 16.0. The van der Waals surface area contributed by atoms with E-state index in [1.54, 1.807) is 0 Å². The van der Waals surface area contributed by atoms with Gasteiger partial charge in [-0.1, -0.05) is 323 Å². The smallest absolute Gasteiger partial charge is 0.0626 e. The third-order valence-corrected chi connectivity index (χ3v) is 18.0. The molecule has 0 unspecified atom stereocenters. The average Bonchev–Trinajstić information content (AvgIpc) is 1.55. The molecule has 0 amide bonds. The minimum Gasteiger partial charge on any atom is -0.344 e. The number of nitrogens with one attached hydrogen (secondary N) is 6. The van der Waals surface area contributed by atoms with Crippen LogP contribution in [0.2, 0.25) is 0 Å². The number of rotatable bonds is 14. The Morgan fingerprint density at radius 3 is 0.855 bits per heavy atom. The van der Waals surface area contributed by atoms with Crippen molar-refractivity contribution in [1.82, 2.24) is 45.3 Å². The first-order chi connectivity index (χ1) is 54.0. The van der Waals surface area contributed by atoms with E-state index in [4.69, 9.17) is 0 Å². The first-order valence-electron chi connectivity index (χ1n) is 41.2. The number of nitrogens with zero attached hydrogens (tertiary/aromatic N) is 3. The van der Waals surface area contributed by atoms with Gasteiger partial charge in [0.2, 0.25) is 0 Å². The minimum absolute atomic E-state index is 1.09. The van der Waals surface area contributed by atoms with Crippen molar-refractivity contribution in [3.8, 4) is 0 Å². The third kappa shape index (κ3) is 25.4. The van der Waals surface area contributed by atoms with Crippen LogP contribution < -0.4 is 31.9 Å². The highest BCUT2D eigenvalue weighted by Crippen LogP contribution is 2.43. The lowest BCUT2D eigenvalue weighted by Crippen LogP contribution is -2.09. The van der Waals surface area contributed by atoms with Crippen molar-refractivity contribution in [2.24, 2.45) is 7.05 Å². The number of allylic oxidation sites excluding steroid dienone is 8. The summed E-state index contributed by atoms with van der Waals surface area (Å²) in [4.78, 5) is 0. The van der Waals surface area contributed by atoms with Gasteiger partial charge in [0, 0.05) is 71.9 Å². The van der Waals surface area contributed by atoms with Crippen molar-refractivity contribution in [2.45, 2.75) is 138 Å². The molecule has 0 atom stereocenters. The fourth-order valence-corrected chi connectivity index (χ4v) is 13.1. The van der Waals surface area contributed by atoms with Crippen LogP contribution in [0.25, 0.3) is 130 Å². The van der Waals surface area contributed by atoms with Crippen molar-refractivity contribution in [3.63, 3.8) is 0 Å². The largest absolute Gasteiger partial charge is 0.344 e. The highest BCUT2D eigenvalue weighted by molar-refractivity contribution is 6.31. The van der Waals surface area contributed by atoms with Gasteiger partial charge in [-0.25, -0.2) is 0 Å². The zero-order valence-electron chi connectivity index (χ0n) is 71.2. The highest BCUT2D eigenvalue weighted by atomic mass is 14.9. The highest BCUT2D eigenvalue weighted by Gasteiger charge is 2.20. The lowest BCUT2D eigenvalue weighted by Gasteiger charge is -2.02. The summed E-state index contributed by atoms with van der Waals surface area (Å²) < 4.78 is 7.14. The van der Waals surface area contributed by atoms with E-state index in [1.165, 1.54) is 130 Å². The molecule has 0 saturated heterocycles. The molecule has 6 N–H and O–H groups in total. The lowest BCUT2D eigenvalue weighted by molar-refractivity contribution is 0.762. The van der Waals surface area contributed by atoms with E-state index in [0.717, 1.165) is 78.5 Å². The molecule has 0 saturated carbocycles. The quantitative estimate of drug-likeness (QED) is 0.0609. The Bertz CT molecular complexity index is 5130. The van der Waals surface area contributed by atoms with Crippen LogP contribution in [0.15, 0.2) is 267 Å². The number of aryl methyl sites for hydroxylation is 1. The Morgan fingerprint density at radius 1 is 0.227 bits per heavy atom. The fraction of sp³-hybridized carbons (Fsp3) is 0.327. The summed E-state index contributed by atoms with van der Waals surface area (Å²) in [7, 11) is 2.14. The summed E-state index contributed by atoms with van der Waals surface area (Å²) in [5.74, 6) is 0. The fourth-order valence-electron chi connectivity index (χ4n) is 13.1. The normalized spacial score (nSPS) is 10.7. The van der Waals surface area contributed by atoms with Gasteiger partial charge < -0.3 is 45.3 Å². The maximum absolute atomic E-state index is 3.11. The van der Waals surface area contributed by atoms with Crippen LogP contribution in [-0.2, 0) is 7.05 Å². The van der Waals surface area contributed by atoms with Gasteiger partial charge in [-0.3, -0.25) is 0 Å². The third-order valence-electron chi connectivity index (χ3n) is 18.0. The average molecular weight is 1480 g/mol. The topological polar surface area (TPSA) is 85.9 Å². The molecule has 0 aliphatic rings. The molecule has 9 nitrogen and oxygen atoms in total. The zero-order valence-corrected chi connectivity index (χ0v) is 71.2. The standard InChI is InChI=1S/2C22H13N.C17H13N.2C6H10.6C4H11N.2C2H6/c1-2-8-15-14(7-1)13-18-16-9-3-5-11-19(16)23-20-12-6-4-10-17(20)21(15)22(18)23;1-2-7-15-13-21-19(12-14(15)6-1)18-10-5-9-17-16-8-3-4-11-20(16)23(21)22(17)18;1-18-16-9-5-4-8-14(16)15-10-12-6-2-3-7-13(12)11-17(15)18;2*1-3-5-6-4-2;6*1-3-5-4-2;2*1-2/h2*1-13H;2-11H,1H3;2*3-6H,1-2H3;6*5H,3-4H2,1-2H3;2*1-2H3/b;;;2*5-3-,6-4-;;;;;;;;. The van der Waals surface area contributed by atoms with Gasteiger partial charge in [0.05, 0.1) is 33.1 Å². The molecule has 5 aromatic heterocycles. The van der Waals surface area contributed by atoms with Crippen LogP contribution in [0.3, 0.4) is 0 Å². The molecule has 16 aromatic rings. The second kappa shape index (κ2) is 54.0. The van der Waals surface area contributed by atoms with Crippen LogP contribution >= 0.6 is 0 Å². The number of aromatic nitrogens is 3. The molecule has 11 aromatic carbocycles. The van der Waals surface area contributed by atoms with Gasteiger partial charge in [-0.15, -0.1) is 0 Å². The van der Waals surface area contributed by atoms with E-state index in [9.17, 15) is 0 Å². The SMILES string of the molecule is C/C=C\C=C/C.C/C=C\C=C/C.CC.CC.CCNCC.CCNCC.CCNCC.CCNCC.CCNCC.CCNCC.Cn1c2ccccc2c2cc3ccccc3cc21.c1ccc2c(c1)cc1c3ccccc3n3c4ccccc4c2c13.c1ccc2cc3c(cc2c1)c1cccc2c4ccccc4n3c21. The van der Waals surface area contributed by atoms with E-state index in [2.05, 4.69) is 354 Å². The molecular formula is C101H137N9. The van der Waals surface area contributed by atoms with Crippen molar-refractivity contribution in [3.05, 3.63) is 267 Å². The first-order valence-corrected chi connectivity index (χ1v) is 41.2. The Morgan fingerprint density at radius 2 is 0.482 bits per heavy atom. The van der Waals surface area contributed by atoms with Gasteiger partial charge in [0.15, 0.2) is 0 Å². The molecule has 16 rings (SSSR count). The molecule has 0 radical (unpaired) electrons. The van der Waals surface area contributed by atoms with Crippen LogP contribution in [0.5, 0.6) is 0 Å². The van der Waals surface area contributed by atoms with Gasteiger partial charge in [0.25, 0.3) is 0 Å². The van der Waals surface area contributed by atoms with E-state index in [0.29, 0.717) is 0 Å². The summed E-state index contributed by atoms with van der Waals surface area (Å²) in [6.45, 7) is 54.3. The monoisotopic (exact) mass is 1480 g/mol. The second-order valence-electron chi connectivity index (χ2n) is 25.1. The molecular weight excluding hydrogens is 1340 g/mol. The maximum atomic E-state index is 3.11. The van der Waals surface area contributed by atoms with Crippen molar-refractivity contribution < 1.29 is 0 Å². The Balaban J connectivity index is 0.000000275. The van der Waals surface area contributed by atoms with E-state index in [-0.39, 0.29) is 0 Å². The number of fused-ring (bicyclic) bond motifs is 19. The molecule has 0 fully saturated rings. The summed E-state index contributed by atoms with van der Waals surface area (Å²) >= 11 is 0. The summed E-state index contributed by atoms with van der Waals surface area (Å²) in [6, 6.07) is 78.9. The lowest BCUT2D eigenvalue weighted by atomic mass is 10.0. The first kappa shape index (κ1) is 92.7. The van der Waals surface area contributed by atoms with Crippen molar-refractivity contribution in [2.75, 3.05) is 78.5 Å². The van der Waals surface area contributed by atoms with Crippen molar-refractivity contribution >= 4 is 130 Å². The second-order valence-corrected chi connectivity index (χ2v) is 25.1. The number of benzene rings is 11. The number of para-hydroxylation sites is 5. The van der Waals surface area contributed by atoms with Crippen LogP contribution in [0.1, 0.15) is 138 Å². The van der Waals surface area contributed by atoms with Gasteiger partial charge in [0.1, 0.15) is 0 Å². The van der Waals surface area contributed by atoms with Gasteiger partial charge in [-0.2, -0.15) is 0 Å². The van der Waals surface area contributed by atoms with E-state index < -0.39 is 0 Å². The number of hydrogen-bond donors (Lipinski definition) is 6. The molecule has 0 spiro atoms. The Kier molecular flexibility index (Phi) is 45.5. The van der Waals surface area contributed by atoms with Gasteiger partial charge >= 0.3 is 0 Å². The Hall–Kier alpha value is -9.68. The van der Waals surface area contributed by atoms with E-state index in [1.807, 2.05) is 104 Å². The van der Waals surface area contributed by atoms with Crippen molar-refractivity contribution in [1.29, 1.82) is 0 Å². The van der Waals surface area contributed by atoms with Gasteiger partial charge in [-0.05, 0) is 193 Å². The van der Waals surface area contributed by atoms with E-state index >= 15 is 0 Å². The molecule has 110 heavy (non-hydrogen) atoms. The minimum atomic E-state index is 1.09. The zero-order chi connectivity index (χ0) is 80.4. The summed E-state index contributed by atoms with van der Waals surface area (Å²) in [5, 5.41) is 40.0.